The number of esters is 1. The molecule has 5 aromatic rings. The lowest BCUT2D eigenvalue weighted by Gasteiger charge is -2.35. The Morgan fingerprint density at radius 3 is 2.42 bits per heavy atom. The Hall–Kier alpha value is -4.28. The number of hydrogen-bond donors (Lipinski definition) is 6. The van der Waals surface area contributed by atoms with Crippen molar-refractivity contribution in [2.24, 2.45) is 0 Å². The van der Waals surface area contributed by atoms with E-state index in [0.29, 0.717) is 69.5 Å². The Morgan fingerprint density at radius 1 is 1.05 bits per heavy atom. The molecule has 0 bridgehead atoms. The Bertz CT molecular complexity index is 2100. The number of phenolic OH excluding ortho intramolecular Hbond substituents is 1. The number of anilines is 1. The van der Waals surface area contributed by atoms with Crippen LogP contribution in [0.3, 0.4) is 0 Å². The van der Waals surface area contributed by atoms with E-state index in [9.17, 15) is 29.7 Å². The number of amides is 1. The summed E-state index contributed by atoms with van der Waals surface area (Å²) in [6, 6.07) is 16.8. The van der Waals surface area contributed by atoms with Crippen molar-refractivity contribution in [3.8, 4) is 11.5 Å². The summed E-state index contributed by atoms with van der Waals surface area (Å²) in [5.41, 5.74) is -0.0489. The van der Waals surface area contributed by atoms with Gasteiger partial charge in [0.25, 0.3) is 0 Å². The minimum Gasteiger partial charge on any atom is -0.506 e. The molecule has 1 aliphatic carbocycles. The van der Waals surface area contributed by atoms with E-state index in [2.05, 4.69) is 20.5 Å². The molecule has 292 valence electrons. The van der Waals surface area contributed by atoms with E-state index in [1.165, 1.54) is 34.8 Å². The van der Waals surface area contributed by atoms with E-state index >= 15 is 0 Å². The number of aromatic nitrogens is 1. The summed E-state index contributed by atoms with van der Waals surface area (Å²) in [6.07, 6.45) is 2.50. The highest BCUT2D eigenvalue weighted by atomic mass is 35.5. The van der Waals surface area contributed by atoms with Gasteiger partial charge in [0.05, 0.1) is 39.2 Å². The number of pyridine rings is 1. The number of ether oxygens (including phenoxy) is 2. The van der Waals surface area contributed by atoms with Gasteiger partial charge in [0, 0.05) is 43.1 Å². The molecule has 2 aromatic carbocycles. The fraction of sp³-hybridized carbons (Fsp3) is 0.375. The number of aliphatic hydroxyl groups excluding tert-OH is 1. The number of aromatic amines is 1. The van der Waals surface area contributed by atoms with Crippen molar-refractivity contribution < 1.29 is 34.4 Å². The smallest absolute Gasteiger partial charge is 0.349 e. The molecule has 12 nitrogen and oxygen atoms in total. The van der Waals surface area contributed by atoms with Crippen LogP contribution in [-0.4, -0.2) is 83.0 Å². The van der Waals surface area contributed by atoms with Crippen molar-refractivity contribution in [1.29, 1.82) is 0 Å². The quantitative estimate of drug-likeness (QED) is 0.0518. The maximum Gasteiger partial charge on any atom is 0.349 e. The summed E-state index contributed by atoms with van der Waals surface area (Å²) in [4.78, 5) is 44.0. The number of hydrogen-bond acceptors (Lipinski definition) is 12. The standard InChI is InChI=1S/C40H45ClN4O8S2/c1-45(25-7-9-26(10-8-25)53-39(50)40(51,34-5-3-19-54-34)35-6-4-20-55-35)18-16-37(49)43-30-22-33(52-2)24(21-29(30)41)15-17-42-23-32(47)27-11-13-31(46)38-28(27)12-14-36(48)44-38/h3-6,11-14,19-22,25-26,32,42,46-47,51H,7-10,15-18,23H2,1-2H3,(H,43,49)(H,44,48). The number of rotatable bonds is 16. The lowest BCUT2D eigenvalue weighted by molar-refractivity contribution is -0.169. The molecule has 0 spiro atoms. The summed E-state index contributed by atoms with van der Waals surface area (Å²) < 4.78 is 11.5. The molecule has 15 heteroatoms. The second kappa shape index (κ2) is 18.1. The molecular formula is C40H45ClN4O8S2. The number of methoxy groups -OCH3 is 1. The Morgan fingerprint density at radius 2 is 1.76 bits per heavy atom. The van der Waals surface area contributed by atoms with Crippen molar-refractivity contribution in [3.63, 3.8) is 0 Å². The first-order chi connectivity index (χ1) is 26.5. The number of H-pyrrole nitrogens is 1. The maximum absolute atomic E-state index is 13.4. The molecular weight excluding hydrogens is 764 g/mol. The molecule has 1 fully saturated rings. The van der Waals surface area contributed by atoms with Gasteiger partial charge in [-0.15, -0.1) is 22.7 Å². The molecule has 3 heterocycles. The number of carbonyl (C=O) groups excluding carboxylic acids is 2. The van der Waals surface area contributed by atoms with E-state index in [1.54, 1.807) is 43.5 Å². The van der Waals surface area contributed by atoms with E-state index in [-0.39, 0.29) is 47.8 Å². The summed E-state index contributed by atoms with van der Waals surface area (Å²) in [6.45, 7) is 1.24. The van der Waals surface area contributed by atoms with Crippen LogP contribution in [0.2, 0.25) is 5.02 Å². The van der Waals surface area contributed by atoms with Crippen LogP contribution in [0.4, 0.5) is 5.69 Å². The van der Waals surface area contributed by atoms with Crippen LogP contribution in [0, 0.1) is 0 Å². The summed E-state index contributed by atoms with van der Waals surface area (Å²) in [7, 11) is 3.54. The molecule has 3 aromatic heterocycles. The van der Waals surface area contributed by atoms with Gasteiger partial charge in [0.15, 0.2) is 0 Å². The zero-order valence-corrected chi connectivity index (χ0v) is 32.9. The third-order valence-corrected chi connectivity index (χ3v) is 12.4. The molecule has 55 heavy (non-hydrogen) atoms. The SMILES string of the molecule is COc1cc(NC(=O)CCN(C)C2CCC(OC(=O)C(O)(c3cccs3)c3cccs3)CC2)c(Cl)cc1CCNCC(O)c1ccc(O)c2[nH]c(=O)ccc12. The van der Waals surface area contributed by atoms with Crippen molar-refractivity contribution in [2.75, 3.05) is 39.1 Å². The number of aromatic hydroxyl groups is 1. The number of thiophene rings is 2. The molecule has 1 atom stereocenters. The zero-order valence-electron chi connectivity index (χ0n) is 30.5. The Kier molecular flexibility index (Phi) is 13.3. The first-order valence-electron chi connectivity index (χ1n) is 18.1. The first kappa shape index (κ1) is 40.4. The minimum absolute atomic E-state index is 0.0695. The van der Waals surface area contributed by atoms with Gasteiger partial charge in [-0.25, -0.2) is 4.79 Å². The molecule has 1 aliphatic rings. The summed E-state index contributed by atoms with van der Waals surface area (Å²) in [5.74, 6) is -0.342. The molecule has 6 rings (SSSR count). The fourth-order valence-corrected chi connectivity index (χ4v) is 8.95. The highest BCUT2D eigenvalue weighted by Gasteiger charge is 2.45. The third kappa shape index (κ3) is 9.41. The zero-order chi connectivity index (χ0) is 39.1. The van der Waals surface area contributed by atoms with E-state index in [4.69, 9.17) is 21.1 Å². The number of nitrogens with zero attached hydrogens (tertiary/aromatic N) is 1. The lowest BCUT2D eigenvalue weighted by atomic mass is 9.91. The van der Waals surface area contributed by atoms with Crippen molar-refractivity contribution in [2.45, 2.75) is 62.4 Å². The first-order valence-corrected chi connectivity index (χ1v) is 20.2. The average Bonchev–Trinajstić information content (AvgIpc) is 3.93. The number of carbonyl (C=O) groups is 2. The molecule has 1 amide bonds. The molecule has 0 aliphatic heterocycles. The topological polar surface area (TPSA) is 173 Å². The lowest BCUT2D eigenvalue weighted by Crippen LogP contribution is -2.42. The van der Waals surface area contributed by atoms with Crippen LogP contribution >= 0.6 is 34.3 Å². The normalized spacial score (nSPS) is 16.6. The van der Waals surface area contributed by atoms with Gasteiger partial charge in [-0.2, -0.15) is 0 Å². The number of aliphatic hydroxyl groups is 2. The van der Waals surface area contributed by atoms with E-state index < -0.39 is 17.7 Å². The van der Waals surface area contributed by atoms with Gasteiger partial charge in [-0.1, -0.05) is 29.8 Å². The monoisotopic (exact) mass is 808 g/mol. The van der Waals surface area contributed by atoms with Crippen molar-refractivity contribution in [3.05, 3.63) is 108 Å². The fourth-order valence-electron chi connectivity index (χ4n) is 7.00. The minimum atomic E-state index is -1.82. The van der Waals surface area contributed by atoms with Gasteiger partial charge in [-0.05, 0) is 97.9 Å². The maximum atomic E-state index is 13.4. The van der Waals surface area contributed by atoms with Gasteiger partial charge in [-0.3, -0.25) is 9.59 Å². The molecule has 1 unspecified atom stereocenters. The highest BCUT2D eigenvalue weighted by molar-refractivity contribution is 7.12. The van der Waals surface area contributed by atoms with E-state index in [0.717, 1.165) is 18.4 Å². The van der Waals surface area contributed by atoms with Crippen LogP contribution < -0.4 is 20.9 Å². The van der Waals surface area contributed by atoms with Crippen LogP contribution in [0.5, 0.6) is 11.5 Å². The van der Waals surface area contributed by atoms with Crippen LogP contribution in [-0.2, 0) is 26.3 Å². The van der Waals surface area contributed by atoms with Crippen LogP contribution in [0.25, 0.3) is 10.9 Å². The number of benzene rings is 2. The Balaban J connectivity index is 0.946. The van der Waals surface area contributed by atoms with Gasteiger partial charge in [0.2, 0.25) is 17.1 Å². The summed E-state index contributed by atoms with van der Waals surface area (Å²) in [5, 5.41) is 43.3. The Labute approximate surface area is 331 Å². The largest absolute Gasteiger partial charge is 0.506 e. The van der Waals surface area contributed by atoms with Crippen molar-refractivity contribution >= 4 is 62.7 Å². The van der Waals surface area contributed by atoms with Crippen LogP contribution in [0.1, 0.15) is 59.1 Å². The average molecular weight is 809 g/mol. The number of nitrogens with one attached hydrogen (secondary N) is 3. The second-order valence-corrected chi connectivity index (χ2v) is 16.0. The van der Waals surface area contributed by atoms with Gasteiger partial charge in [0.1, 0.15) is 17.6 Å². The predicted molar refractivity (Wildman–Crippen MR) is 215 cm³/mol. The number of phenols is 1. The van der Waals surface area contributed by atoms with Crippen LogP contribution in [0.15, 0.2) is 76.2 Å². The highest BCUT2D eigenvalue weighted by Crippen LogP contribution is 2.38. The summed E-state index contributed by atoms with van der Waals surface area (Å²) >= 11 is 9.25. The number of halogens is 1. The predicted octanol–water partition coefficient (Wildman–Crippen LogP) is 5.94. The van der Waals surface area contributed by atoms with Gasteiger partial charge >= 0.3 is 5.97 Å². The second-order valence-electron chi connectivity index (χ2n) is 13.7. The van der Waals surface area contributed by atoms with Gasteiger partial charge < -0.3 is 45.3 Å². The molecule has 0 radical (unpaired) electrons. The van der Waals surface area contributed by atoms with Crippen molar-refractivity contribution in [1.82, 2.24) is 15.2 Å². The molecule has 1 saturated carbocycles. The molecule has 0 saturated heterocycles. The van der Waals surface area contributed by atoms with E-state index in [1.807, 2.05) is 29.9 Å². The number of fused-ring (bicyclic) bond motifs is 1. The molecule has 6 N–H and O–H groups in total. The third-order valence-electron chi connectivity index (χ3n) is 10.1.